The normalized spacial score (nSPS) is 11.2. The van der Waals surface area contributed by atoms with Crippen molar-refractivity contribution < 1.29 is 47.1 Å². The van der Waals surface area contributed by atoms with Crippen LogP contribution in [0.1, 0.15) is 41.5 Å². The lowest BCUT2D eigenvalue weighted by Gasteiger charge is -2.21. The molecular weight excluding hydrogens is 606 g/mol. The molecule has 0 bridgehead atoms. The van der Waals surface area contributed by atoms with E-state index in [1.165, 1.54) is 7.05 Å². The summed E-state index contributed by atoms with van der Waals surface area (Å²) >= 11 is 12.7. The quantitative estimate of drug-likeness (QED) is 0.221. The van der Waals surface area contributed by atoms with Crippen molar-refractivity contribution >= 4 is 81.8 Å². The van der Waals surface area contributed by atoms with Gasteiger partial charge in [-0.2, -0.15) is 0 Å². The van der Waals surface area contributed by atoms with E-state index in [0.717, 1.165) is 32.6 Å². The van der Waals surface area contributed by atoms with E-state index >= 15 is 0 Å². The molecule has 1 N–H and O–H groups in total. The van der Waals surface area contributed by atoms with Crippen LogP contribution in [0.25, 0.3) is 0 Å². The van der Waals surface area contributed by atoms with Crippen LogP contribution in [-0.4, -0.2) is 97.0 Å². The maximum atomic E-state index is 11.8. The summed E-state index contributed by atoms with van der Waals surface area (Å²) in [6.45, 7) is 12.5. The predicted octanol–water partition coefficient (Wildman–Crippen LogP) is 5.18. The van der Waals surface area contributed by atoms with E-state index < -0.39 is 35.4 Å². The highest BCUT2D eigenvalue weighted by Crippen LogP contribution is 2.61. The third-order valence-corrected chi connectivity index (χ3v) is 14.4. The second kappa shape index (κ2) is 21.5. The molecule has 0 aliphatic rings. The van der Waals surface area contributed by atoms with Gasteiger partial charge in [-0.1, -0.05) is 22.8 Å². The summed E-state index contributed by atoms with van der Waals surface area (Å²) < 4.78 is 26.2. The third-order valence-electron chi connectivity index (χ3n) is 3.61. The minimum atomic E-state index is -2.54. The van der Waals surface area contributed by atoms with Gasteiger partial charge >= 0.3 is 12.2 Å². The van der Waals surface area contributed by atoms with E-state index in [2.05, 4.69) is 0 Å². The Hall–Kier alpha value is -0.280. The van der Waals surface area contributed by atoms with E-state index in [9.17, 15) is 19.2 Å². The molecule has 0 aromatic heterocycles. The van der Waals surface area contributed by atoms with Gasteiger partial charge in [0.1, 0.15) is 0 Å². The van der Waals surface area contributed by atoms with Crippen LogP contribution in [0.2, 0.25) is 0 Å². The van der Waals surface area contributed by atoms with E-state index in [1.807, 2.05) is 13.8 Å². The number of carbonyl (C=O) groups is 4. The van der Waals surface area contributed by atoms with Gasteiger partial charge in [0.2, 0.25) is 23.2 Å². The first kappa shape index (κ1) is 38.9. The van der Waals surface area contributed by atoms with Crippen LogP contribution >= 0.6 is 34.2 Å². The molecule has 0 spiro atoms. The minimum Gasteiger partial charge on any atom is -0.465 e. The second-order valence-corrected chi connectivity index (χ2v) is 18.8. The molecule has 12 nitrogen and oxygen atoms in total. The lowest BCUT2D eigenvalue weighted by Crippen LogP contribution is -2.36. The average molecular weight is 645 g/mol. The van der Waals surface area contributed by atoms with E-state index in [0.29, 0.717) is 26.4 Å². The molecule has 0 aliphatic heterocycles. The molecule has 4 amide bonds. The first-order valence-electron chi connectivity index (χ1n) is 11.3. The zero-order chi connectivity index (χ0) is 29.1. The average Bonchev–Trinajstić information content (AvgIpc) is 2.82. The molecule has 0 aromatic carbocycles. The second-order valence-electron chi connectivity index (χ2n) is 6.18. The highest BCUT2D eigenvalue weighted by atomic mass is 32.9. The molecular formula is C19H38N2O10P2S4. The van der Waals surface area contributed by atoms with Crippen LogP contribution in [0.15, 0.2) is 0 Å². The summed E-state index contributed by atoms with van der Waals surface area (Å²) in [6.07, 6.45) is -1.93. The van der Waals surface area contributed by atoms with Crippen molar-refractivity contribution in [1.82, 2.24) is 9.80 Å². The Bertz CT molecular complexity index is 802. The zero-order valence-electron chi connectivity index (χ0n) is 22.2. The first-order valence-corrected chi connectivity index (χ1v) is 19.8. The Morgan fingerprint density at radius 3 is 1.41 bits per heavy atom. The fourth-order valence-electron chi connectivity index (χ4n) is 2.04. The Kier molecular flexibility index (Phi) is 22.6. The summed E-state index contributed by atoms with van der Waals surface area (Å²) in [5.41, 5.74) is -5.05. The molecule has 0 radical (unpaired) electrons. The minimum absolute atomic E-state index is 0.0204. The molecule has 0 saturated carbocycles. The molecule has 0 atom stereocenters. The van der Waals surface area contributed by atoms with Crippen molar-refractivity contribution in [2.75, 3.05) is 58.1 Å². The molecule has 0 saturated heterocycles. The van der Waals surface area contributed by atoms with Gasteiger partial charge < -0.3 is 27.9 Å². The molecule has 0 aliphatic carbocycles. The van der Waals surface area contributed by atoms with Gasteiger partial charge in [-0.25, -0.2) is 19.4 Å². The fraction of sp³-hybridized carbons (Fsp3) is 0.789. The highest BCUT2D eigenvalue weighted by molar-refractivity contribution is 8.68. The fourth-order valence-corrected chi connectivity index (χ4v) is 10.6. The number of amides is 4. The van der Waals surface area contributed by atoms with Crippen molar-refractivity contribution in [2.24, 2.45) is 0 Å². The van der Waals surface area contributed by atoms with E-state index in [4.69, 9.17) is 51.6 Å². The summed E-state index contributed by atoms with van der Waals surface area (Å²) in [7, 11) is 1.37. The first-order chi connectivity index (χ1) is 17.3. The molecule has 37 heavy (non-hydrogen) atoms. The number of carboxylic acid groups (broad SMARTS) is 1. The van der Waals surface area contributed by atoms with Crippen LogP contribution in [0.4, 0.5) is 9.59 Å². The standard InChI is InChI=1S/C10H20NO5PS2.C9H18NO5PS2/c1-5-14-10(13)11(4)9(12)8-19-17(18,15-6-2)16-7-3;1-4-10(9(12)13)8(11)7-18-16(17,14-5-2)15-6-3/h5-8H2,1-4H3;4-7H2,1-3H3,(H,12,13). The lowest BCUT2D eigenvalue weighted by atomic mass is 10.5. The zero-order valence-corrected chi connectivity index (χ0v) is 27.3. The Balaban J connectivity index is 0. The van der Waals surface area contributed by atoms with Gasteiger partial charge in [0.05, 0.1) is 44.5 Å². The molecule has 0 unspecified atom stereocenters. The summed E-state index contributed by atoms with van der Waals surface area (Å²) in [5, 5.41) is 8.80. The number of hydrogen-bond acceptors (Lipinski definition) is 13. The van der Waals surface area contributed by atoms with Crippen molar-refractivity contribution in [3.63, 3.8) is 0 Å². The predicted molar refractivity (Wildman–Crippen MR) is 155 cm³/mol. The molecule has 0 aromatic rings. The van der Waals surface area contributed by atoms with Crippen molar-refractivity contribution in [3.05, 3.63) is 0 Å². The van der Waals surface area contributed by atoms with Gasteiger partial charge in [-0.05, 0) is 65.2 Å². The number of nitrogens with zero attached hydrogens (tertiary/aromatic N) is 2. The van der Waals surface area contributed by atoms with Gasteiger partial charge in [-0.15, -0.1) is 0 Å². The monoisotopic (exact) mass is 644 g/mol. The third kappa shape index (κ3) is 17.1. The van der Waals surface area contributed by atoms with Gasteiger partial charge in [-0.3, -0.25) is 9.59 Å². The Morgan fingerprint density at radius 2 is 1.11 bits per heavy atom. The van der Waals surface area contributed by atoms with Crippen LogP contribution in [0.5, 0.6) is 0 Å². The molecule has 0 fully saturated rings. The molecule has 218 valence electrons. The van der Waals surface area contributed by atoms with Crippen LogP contribution in [0, 0.1) is 0 Å². The van der Waals surface area contributed by atoms with Crippen molar-refractivity contribution in [2.45, 2.75) is 41.5 Å². The number of imide groups is 2. The molecule has 18 heteroatoms. The highest BCUT2D eigenvalue weighted by Gasteiger charge is 2.26. The maximum absolute atomic E-state index is 11.8. The van der Waals surface area contributed by atoms with Crippen LogP contribution in [-0.2, 0) is 56.0 Å². The summed E-state index contributed by atoms with van der Waals surface area (Å²) in [4.78, 5) is 47.2. The van der Waals surface area contributed by atoms with Gasteiger partial charge in [0, 0.05) is 13.6 Å². The smallest absolute Gasteiger partial charge is 0.416 e. The lowest BCUT2D eigenvalue weighted by molar-refractivity contribution is -0.126. The molecule has 0 heterocycles. The van der Waals surface area contributed by atoms with Crippen LogP contribution < -0.4 is 0 Å². The van der Waals surface area contributed by atoms with Crippen molar-refractivity contribution in [3.8, 4) is 0 Å². The topological polar surface area (TPSA) is 141 Å². The number of ether oxygens (including phenoxy) is 1. The van der Waals surface area contributed by atoms with Gasteiger partial charge in [0.15, 0.2) is 0 Å². The maximum Gasteiger partial charge on any atom is 0.416 e. The number of hydrogen-bond donors (Lipinski definition) is 1. The number of carbonyl (C=O) groups excluding carboxylic acids is 3. The SMILES string of the molecule is CCOC(=O)N(C)C(=O)CSP(=S)(OCC)OCC.CCOP(=S)(OCC)SCC(=O)N(CC)C(=O)O. The van der Waals surface area contributed by atoms with Gasteiger partial charge in [0.25, 0.3) is 0 Å². The number of rotatable bonds is 16. The van der Waals surface area contributed by atoms with Crippen molar-refractivity contribution in [1.29, 1.82) is 0 Å². The van der Waals surface area contributed by atoms with E-state index in [-0.39, 0.29) is 24.7 Å². The summed E-state index contributed by atoms with van der Waals surface area (Å²) in [6, 6.07) is 0. The summed E-state index contributed by atoms with van der Waals surface area (Å²) in [5.74, 6) is -0.940. The molecule has 0 rings (SSSR count). The Morgan fingerprint density at radius 1 is 0.730 bits per heavy atom. The van der Waals surface area contributed by atoms with Crippen LogP contribution in [0.3, 0.4) is 0 Å². The Labute approximate surface area is 237 Å². The van der Waals surface area contributed by atoms with E-state index in [1.54, 1.807) is 27.7 Å². The largest absolute Gasteiger partial charge is 0.465 e.